The number of ether oxygens (including phenoxy) is 1. The van der Waals surface area contributed by atoms with Crippen LogP contribution in [0.3, 0.4) is 0 Å². The second kappa shape index (κ2) is 8.10. The van der Waals surface area contributed by atoms with E-state index >= 15 is 0 Å². The molecule has 0 saturated carbocycles. The first-order valence-electron chi connectivity index (χ1n) is 7.38. The van der Waals surface area contributed by atoms with Crippen LogP contribution in [0.15, 0.2) is 48.5 Å². The summed E-state index contributed by atoms with van der Waals surface area (Å²) in [6.07, 6.45) is 0.00169. The number of benzene rings is 2. The lowest BCUT2D eigenvalue weighted by atomic mass is 10.0. The van der Waals surface area contributed by atoms with Gasteiger partial charge in [-0.25, -0.2) is 9.18 Å². The van der Waals surface area contributed by atoms with Crippen molar-refractivity contribution in [2.45, 2.75) is 18.9 Å². The molecular weight excluding hydrogens is 313 g/mol. The smallest absolute Gasteiger partial charge is 0.326 e. The number of carbonyl (C=O) groups excluding carboxylic acids is 1. The fraction of sp³-hybridized carbons (Fsp3) is 0.222. The van der Waals surface area contributed by atoms with Gasteiger partial charge in [-0.3, -0.25) is 4.79 Å². The van der Waals surface area contributed by atoms with Crippen molar-refractivity contribution in [1.29, 1.82) is 0 Å². The van der Waals surface area contributed by atoms with Crippen molar-refractivity contribution in [2.75, 3.05) is 7.11 Å². The predicted molar refractivity (Wildman–Crippen MR) is 86.4 cm³/mol. The number of amides is 1. The average Bonchev–Trinajstić information content (AvgIpc) is 2.54. The van der Waals surface area contributed by atoms with E-state index in [4.69, 9.17) is 4.74 Å². The second-order valence-electron chi connectivity index (χ2n) is 5.28. The molecule has 6 heteroatoms. The number of nitrogens with one attached hydrogen (secondary N) is 1. The van der Waals surface area contributed by atoms with Gasteiger partial charge in [-0.05, 0) is 29.3 Å². The van der Waals surface area contributed by atoms with Crippen LogP contribution >= 0.6 is 0 Å². The van der Waals surface area contributed by atoms with Crippen LogP contribution < -0.4 is 10.1 Å². The molecule has 2 N–H and O–H groups in total. The first kappa shape index (κ1) is 17.5. The summed E-state index contributed by atoms with van der Waals surface area (Å²) < 4.78 is 18.3. The molecule has 24 heavy (non-hydrogen) atoms. The maximum Gasteiger partial charge on any atom is 0.326 e. The van der Waals surface area contributed by atoms with E-state index in [2.05, 4.69) is 5.32 Å². The lowest BCUT2D eigenvalue weighted by Gasteiger charge is -2.16. The Bertz CT molecular complexity index is 732. The Labute approximate surface area is 139 Å². The molecule has 0 unspecified atom stereocenters. The zero-order chi connectivity index (χ0) is 17.5. The van der Waals surface area contributed by atoms with E-state index in [1.807, 2.05) is 0 Å². The summed E-state index contributed by atoms with van der Waals surface area (Å²) in [4.78, 5) is 23.5. The van der Waals surface area contributed by atoms with Gasteiger partial charge in [0, 0.05) is 6.42 Å². The van der Waals surface area contributed by atoms with Gasteiger partial charge in [0.15, 0.2) is 0 Å². The van der Waals surface area contributed by atoms with E-state index in [-0.39, 0.29) is 12.8 Å². The lowest BCUT2D eigenvalue weighted by molar-refractivity contribution is -0.141. The molecule has 0 heterocycles. The molecule has 0 aliphatic rings. The number of methoxy groups -OCH3 is 1. The summed E-state index contributed by atoms with van der Waals surface area (Å²) in [5, 5.41) is 11.8. The molecule has 0 aliphatic carbocycles. The maximum absolute atomic E-state index is 13.1. The van der Waals surface area contributed by atoms with E-state index in [0.29, 0.717) is 16.9 Å². The monoisotopic (exact) mass is 331 g/mol. The van der Waals surface area contributed by atoms with Gasteiger partial charge in [0.05, 0.1) is 13.5 Å². The SMILES string of the molecule is COc1ccccc1C[C@H](NC(=O)Cc1cccc(F)c1)C(=O)O. The van der Waals surface area contributed by atoms with Gasteiger partial charge in [-0.2, -0.15) is 0 Å². The van der Waals surface area contributed by atoms with Crippen LogP contribution in [-0.4, -0.2) is 30.1 Å². The number of carboxylic acids is 1. The molecule has 0 aliphatic heterocycles. The minimum Gasteiger partial charge on any atom is -0.496 e. The summed E-state index contributed by atoms with van der Waals surface area (Å²) in [6.45, 7) is 0. The highest BCUT2D eigenvalue weighted by Gasteiger charge is 2.22. The Morgan fingerprint density at radius 1 is 1.21 bits per heavy atom. The van der Waals surface area contributed by atoms with E-state index in [1.54, 1.807) is 30.3 Å². The third-order valence-corrected chi connectivity index (χ3v) is 3.50. The molecule has 126 valence electrons. The van der Waals surface area contributed by atoms with Gasteiger partial charge in [-0.1, -0.05) is 30.3 Å². The quantitative estimate of drug-likeness (QED) is 0.815. The van der Waals surface area contributed by atoms with Crippen molar-refractivity contribution in [1.82, 2.24) is 5.32 Å². The molecular formula is C18H18FNO4. The fourth-order valence-corrected chi connectivity index (χ4v) is 2.37. The number of hydrogen-bond donors (Lipinski definition) is 2. The fourth-order valence-electron chi connectivity index (χ4n) is 2.37. The number of hydrogen-bond acceptors (Lipinski definition) is 3. The number of carboxylic acid groups (broad SMARTS) is 1. The van der Waals surface area contributed by atoms with Gasteiger partial charge >= 0.3 is 5.97 Å². The topological polar surface area (TPSA) is 75.6 Å². The van der Waals surface area contributed by atoms with Crippen molar-refractivity contribution in [3.63, 3.8) is 0 Å². The van der Waals surface area contributed by atoms with Crippen LogP contribution in [-0.2, 0) is 22.4 Å². The second-order valence-corrected chi connectivity index (χ2v) is 5.28. The van der Waals surface area contributed by atoms with Crippen molar-refractivity contribution >= 4 is 11.9 Å². The molecule has 0 fully saturated rings. The van der Waals surface area contributed by atoms with Crippen LogP contribution in [0.2, 0.25) is 0 Å². The molecule has 5 nitrogen and oxygen atoms in total. The zero-order valence-corrected chi connectivity index (χ0v) is 13.2. The summed E-state index contributed by atoms with van der Waals surface area (Å²) in [5.74, 6) is -1.51. The average molecular weight is 331 g/mol. The van der Waals surface area contributed by atoms with Crippen molar-refractivity contribution in [2.24, 2.45) is 0 Å². The largest absolute Gasteiger partial charge is 0.496 e. The highest BCUT2D eigenvalue weighted by atomic mass is 19.1. The third kappa shape index (κ3) is 4.81. The normalized spacial score (nSPS) is 11.6. The minimum absolute atomic E-state index is 0.0898. The molecule has 1 atom stereocenters. The summed E-state index contributed by atoms with van der Waals surface area (Å²) >= 11 is 0. The van der Waals surface area contributed by atoms with Crippen LogP contribution in [0.5, 0.6) is 5.75 Å². The molecule has 2 aromatic rings. The summed E-state index contributed by atoms with van der Waals surface area (Å²) in [7, 11) is 1.50. The Kier molecular flexibility index (Phi) is 5.89. The highest BCUT2D eigenvalue weighted by Crippen LogP contribution is 2.19. The number of aliphatic carboxylic acids is 1. The summed E-state index contributed by atoms with van der Waals surface area (Å²) in [5.41, 5.74) is 1.16. The van der Waals surface area contributed by atoms with Crippen LogP contribution in [0.25, 0.3) is 0 Å². The zero-order valence-electron chi connectivity index (χ0n) is 13.2. The molecule has 2 aromatic carbocycles. The predicted octanol–water partition coefficient (Wildman–Crippen LogP) is 2.19. The molecule has 2 rings (SSSR count). The number of halogens is 1. The Morgan fingerprint density at radius 3 is 2.62 bits per heavy atom. The Balaban J connectivity index is 2.05. The van der Waals surface area contributed by atoms with Crippen LogP contribution in [0, 0.1) is 5.82 Å². The van der Waals surface area contributed by atoms with Gasteiger partial charge < -0.3 is 15.2 Å². The lowest BCUT2D eigenvalue weighted by Crippen LogP contribution is -2.43. The number of rotatable bonds is 7. The van der Waals surface area contributed by atoms with Gasteiger partial charge in [-0.15, -0.1) is 0 Å². The standard InChI is InChI=1S/C18H18FNO4/c1-24-16-8-3-2-6-13(16)11-15(18(22)23)20-17(21)10-12-5-4-7-14(19)9-12/h2-9,15H,10-11H2,1H3,(H,20,21)(H,22,23)/t15-/m0/s1. The van der Waals surface area contributed by atoms with E-state index < -0.39 is 23.7 Å². The molecule has 0 saturated heterocycles. The van der Waals surface area contributed by atoms with E-state index in [1.165, 1.54) is 25.3 Å². The highest BCUT2D eigenvalue weighted by molar-refractivity contribution is 5.85. The summed E-state index contributed by atoms with van der Waals surface area (Å²) in [6, 6.07) is 11.6. The van der Waals surface area contributed by atoms with Crippen molar-refractivity contribution in [3.05, 3.63) is 65.5 Å². The molecule has 0 bridgehead atoms. The Morgan fingerprint density at radius 2 is 1.96 bits per heavy atom. The van der Waals surface area contributed by atoms with Crippen LogP contribution in [0.4, 0.5) is 4.39 Å². The van der Waals surface area contributed by atoms with Gasteiger partial charge in [0.1, 0.15) is 17.6 Å². The Hall–Kier alpha value is -2.89. The van der Waals surface area contributed by atoms with E-state index in [9.17, 15) is 19.1 Å². The van der Waals surface area contributed by atoms with Crippen molar-refractivity contribution in [3.8, 4) is 5.75 Å². The molecule has 0 spiro atoms. The first-order chi connectivity index (χ1) is 11.5. The van der Waals surface area contributed by atoms with Gasteiger partial charge in [0.2, 0.25) is 5.91 Å². The number of carbonyl (C=O) groups is 2. The maximum atomic E-state index is 13.1. The molecule has 0 radical (unpaired) electrons. The van der Waals surface area contributed by atoms with Gasteiger partial charge in [0.25, 0.3) is 0 Å². The van der Waals surface area contributed by atoms with Crippen molar-refractivity contribution < 1.29 is 23.8 Å². The number of para-hydroxylation sites is 1. The molecule has 0 aromatic heterocycles. The van der Waals surface area contributed by atoms with Crippen LogP contribution in [0.1, 0.15) is 11.1 Å². The third-order valence-electron chi connectivity index (χ3n) is 3.50. The van der Waals surface area contributed by atoms with E-state index in [0.717, 1.165) is 0 Å². The first-order valence-corrected chi connectivity index (χ1v) is 7.38. The molecule has 1 amide bonds. The minimum atomic E-state index is -1.14.